The summed E-state index contributed by atoms with van der Waals surface area (Å²) < 4.78 is 2.75. The highest BCUT2D eigenvalue weighted by molar-refractivity contribution is 7.96. The second-order valence-corrected chi connectivity index (χ2v) is 3.99. The summed E-state index contributed by atoms with van der Waals surface area (Å²) in [6, 6.07) is 6.62. The molecule has 7 heteroatoms. The molecule has 0 unspecified atom stereocenters. The van der Waals surface area contributed by atoms with Gasteiger partial charge in [0, 0.05) is 12.2 Å². The number of benzene rings is 1. The predicted molar refractivity (Wildman–Crippen MR) is 62.9 cm³/mol. The van der Waals surface area contributed by atoms with E-state index in [0.717, 1.165) is 5.56 Å². The Morgan fingerprint density at radius 3 is 2.81 bits per heavy atom. The second-order valence-electron chi connectivity index (χ2n) is 3.12. The number of carboxylic acid groups (broad SMARTS) is 1. The van der Waals surface area contributed by atoms with Gasteiger partial charge in [0.25, 0.3) is 0 Å². The Kier molecular flexibility index (Phi) is 5.34. The zero-order valence-electron chi connectivity index (χ0n) is 8.46. The van der Waals surface area contributed by atoms with Gasteiger partial charge in [-0.3, -0.25) is 4.72 Å². The highest BCUT2D eigenvalue weighted by Gasteiger charge is 2.06. The van der Waals surface area contributed by atoms with Crippen LogP contribution in [0.2, 0.25) is 0 Å². The van der Waals surface area contributed by atoms with Gasteiger partial charge < -0.3 is 15.2 Å². The minimum atomic E-state index is -1.38. The van der Waals surface area contributed by atoms with Gasteiger partial charge in [-0.2, -0.15) is 0 Å². The van der Waals surface area contributed by atoms with E-state index in [4.69, 9.17) is 15.2 Å². The molecule has 1 aromatic carbocycles. The first-order valence-electron chi connectivity index (χ1n) is 4.62. The van der Waals surface area contributed by atoms with Crippen molar-refractivity contribution in [3.05, 3.63) is 35.4 Å². The van der Waals surface area contributed by atoms with Crippen molar-refractivity contribution in [3.8, 4) is 0 Å². The molecule has 0 bridgehead atoms. The molecule has 0 radical (unpaired) electrons. The van der Waals surface area contributed by atoms with Gasteiger partial charge >= 0.3 is 13.1 Å². The molecule has 0 atom stereocenters. The Bertz CT molecular complexity index is 361. The number of carboxylic acids is 1. The van der Waals surface area contributed by atoms with Crippen LogP contribution in [0.1, 0.15) is 15.9 Å². The molecule has 0 heterocycles. The maximum atomic E-state index is 10.7. The molecule has 0 saturated heterocycles. The van der Waals surface area contributed by atoms with Crippen LogP contribution >= 0.6 is 11.9 Å². The SMILES string of the molecule is O=C(O)c1cccc(CSNCB(O)O)c1. The van der Waals surface area contributed by atoms with Gasteiger partial charge in [-0.15, -0.1) is 0 Å². The van der Waals surface area contributed by atoms with Crippen LogP contribution in [0, 0.1) is 0 Å². The van der Waals surface area contributed by atoms with E-state index < -0.39 is 13.1 Å². The fourth-order valence-electron chi connectivity index (χ4n) is 1.06. The fraction of sp³-hybridized carbons (Fsp3) is 0.222. The average Bonchev–Trinajstić information content (AvgIpc) is 2.24. The molecule has 86 valence electrons. The number of aromatic carboxylic acids is 1. The van der Waals surface area contributed by atoms with E-state index in [2.05, 4.69) is 4.72 Å². The highest BCUT2D eigenvalue weighted by atomic mass is 32.2. The molecule has 5 nitrogen and oxygen atoms in total. The third kappa shape index (κ3) is 4.67. The topological polar surface area (TPSA) is 89.8 Å². The van der Waals surface area contributed by atoms with Gasteiger partial charge in [-0.25, -0.2) is 4.79 Å². The van der Waals surface area contributed by atoms with Crippen LogP contribution in [0.5, 0.6) is 0 Å². The normalized spacial score (nSPS) is 10.1. The highest BCUT2D eigenvalue weighted by Crippen LogP contribution is 2.11. The summed E-state index contributed by atoms with van der Waals surface area (Å²) in [5.41, 5.74) is 1.12. The summed E-state index contributed by atoms with van der Waals surface area (Å²) in [4.78, 5) is 10.7. The minimum absolute atomic E-state index is 0.0727. The van der Waals surface area contributed by atoms with E-state index in [1.165, 1.54) is 18.0 Å². The first-order valence-corrected chi connectivity index (χ1v) is 5.61. The van der Waals surface area contributed by atoms with Crippen LogP contribution in [-0.2, 0) is 5.75 Å². The molecule has 0 aliphatic heterocycles. The number of rotatable bonds is 6. The molecule has 0 spiro atoms. The first-order chi connectivity index (χ1) is 7.59. The molecule has 0 saturated carbocycles. The summed E-state index contributed by atoms with van der Waals surface area (Å²) in [6.07, 6.45) is 0.0727. The van der Waals surface area contributed by atoms with Crippen molar-refractivity contribution in [3.63, 3.8) is 0 Å². The maximum absolute atomic E-state index is 10.7. The monoisotopic (exact) mass is 241 g/mol. The van der Waals surface area contributed by atoms with Crippen LogP contribution in [-0.4, -0.2) is 34.7 Å². The fourth-order valence-corrected chi connectivity index (χ4v) is 1.78. The Balaban J connectivity index is 2.42. The van der Waals surface area contributed by atoms with E-state index in [9.17, 15) is 4.79 Å². The van der Waals surface area contributed by atoms with Gasteiger partial charge in [0.2, 0.25) is 0 Å². The Morgan fingerprint density at radius 2 is 2.19 bits per heavy atom. The van der Waals surface area contributed by atoms with Crippen LogP contribution in [0.4, 0.5) is 0 Å². The molecule has 1 aromatic rings. The van der Waals surface area contributed by atoms with Crippen LogP contribution < -0.4 is 4.72 Å². The van der Waals surface area contributed by atoms with E-state index in [0.29, 0.717) is 5.75 Å². The lowest BCUT2D eigenvalue weighted by Crippen LogP contribution is -2.26. The summed E-state index contributed by atoms with van der Waals surface area (Å²) in [5, 5.41) is 25.9. The van der Waals surface area contributed by atoms with Crippen molar-refractivity contribution in [1.29, 1.82) is 0 Å². The molecule has 16 heavy (non-hydrogen) atoms. The molecule has 0 aliphatic rings. The molecule has 0 amide bonds. The van der Waals surface area contributed by atoms with Gasteiger partial charge in [0.15, 0.2) is 0 Å². The van der Waals surface area contributed by atoms with Crippen LogP contribution in [0.25, 0.3) is 0 Å². The van der Waals surface area contributed by atoms with Gasteiger partial charge in [0.1, 0.15) is 0 Å². The predicted octanol–water partition coefficient (Wildman–Crippen LogP) is 0.135. The van der Waals surface area contributed by atoms with Crippen LogP contribution in [0.15, 0.2) is 24.3 Å². The number of nitrogens with one attached hydrogen (secondary N) is 1. The second kappa shape index (κ2) is 6.54. The Hall–Kier alpha value is -1.02. The van der Waals surface area contributed by atoms with Gasteiger partial charge in [-0.1, -0.05) is 24.1 Å². The first kappa shape index (κ1) is 13.1. The van der Waals surface area contributed by atoms with Crippen molar-refractivity contribution in [2.75, 3.05) is 6.44 Å². The molecule has 4 N–H and O–H groups in total. The van der Waals surface area contributed by atoms with Crippen LogP contribution in [0.3, 0.4) is 0 Å². The quantitative estimate of drug-likeness (QED) is 0.321. The van der Waals surface area contributed by atoms with Crippen molar-refractivity contribution >= 4 is 25.0 Å². The standard InChI is InChI=1S/C9H12BNO4S/c12-9(13)8-3-1-2-7(4-8)5-16-11-6-10(14)15/h1-4,11,14-15H,5-6H2,(H,12,13). The number of hydrogen-bond acceptors (Lipinski definition) is 5. The lowest BCUT2D eigenvalue weighted by molar-refractivity contribution is 0.0696. The molecule has 0 aromatic heterocycles. The Morgan fingerprint density at radius 1 is 1.44 bits per heavy atom. The zero-order valence-corrected chi connectivity index (χ0v) is 9.28. The van der Waals surface area contributed by atoms with Gasteiger partial charge in [0.05, 0.1) is 5.56 Å². The van der Waals surface area contributed by atoms with E-state index >= 15 is 0 Å². The molecular formula is C9H12BNO4S. The summed E-state index contributed by atoms with van der Waals surface area (Å²) in [5.74, 6) is -0.390. The Labute approximate surface area is 97.8 Å². The van der Waals surface area contributed by atoms with E-state index in [-0.39, 0.29) is 12.0 Å². The minimum Gasteiger partial charge on any atom is -0.478 e. The number of hydrogen-bond donors (Lipinski definition) is 4. The molecule has 1 rings (SSSR count). The van der Waals surface area contributed by atoms with Crippen molar-refractivity contribution in [1.82, 2.24) is 4.72 Å². The lowest BCUT2D eigenvalue weighted by atomic mass is 9.94. The van der Waals surface area contributed by atoms with Gasteiger partial charge in [-0.05, 0) is 17.7 Å². The van der Waals surface area contributed by atoms with Crippen molar-refractivity contribution in [2.24, 2.45) is 0 Å². The van der Waals surface area contributed by atoms with Crippen molar-refractivity contribution in [2.45, 2.75) is 5.75 Å². The lowest BCUT2D eigenvalue weighted by Gasteiger charge is -2.04. The zero-order chi connectivity index (χ0) is 12.0. The summed E-state index contributed by atoms with van der Waals surface area (Å²) in [7, 11) is -1.38. The van der Waals surface area contributed by atoms with E-state index in [1.807, 2.05) is 6.07 Å². The average molecular weight is 241 g/mol. The number of carbonyl (C=O) groups is 1. The molecule has 0 aliphatic carbocycles. The molecule has 0 fully saturated rings. The largest absolute Gasteiger partial charge is 0.478 e. The molecular weight excluding hydrogens is 229 g/mol. The third-order valence-electron chi connectivity index (χ3n) is 1.78. The maximum Gasteiger partial charge on any atom is 0.467 e. The third-order valence-corrected chi connectivity index (χ3v) is 2.63. The smallest absolute Gasteiger partial charge is 0.467 e. The van der Waals surface area contributed by atoms with Crippen molar-refractivity contribution < 1.29 is 19.9 Å². The van der Waals surface area contributed by atoms with E-state index in [1.54, 1.807) is 12.1 Å². The summed E-state index contributed by atoms with van der Waals surface area (Å²) in [6.45, 7) is 0. The summed E-state index contributed by atoms with van der Waals surface area (Å²) >= 11 is 1.29.